The van der Waals surface area contributed by atoms with E-state index in [9.17, 15) is 4.39 Å². The van der Waals surface area contributed by atoms with E-state index >= 15 is 0 Å². The Kier molecular flexibility index (Phi) is 4.14. The summed E-state index contributed by atoms with van der Waals surface area (Å²) in [5, 5.41) is 3.58. The van der Waals surface area contributed by atoms with E-state index in [4.69, 9.17) is 17.3 Å². The number of rotatable bonds is 2. The quantitative estimate of drug-likeness (QED) is 0.676. The van der Waals surface area contributed by atoms with Crippen molar-refractivity contribution in [2.75, 3.05) is 11.1 Å². The normalized spacial score (nSPS) is 10.4. The summed E-state index contributed by atoms with van der Waals surface area (Å²) in [7, 11) is 0. The van der Waals surface area contributed by atoms with Crippen LogP contribution in [0, 0.1) is 5.82 Å². The maximum absolute atomic E-state index is 13.4. The number of nitrogens with two attached hydrogens (primary N) is 1. The molecule has 0 saturated heterocycles. The van der Waals surface area contributed by atoms with Gasteiger partial charge in [-0.3, -0.25) is 0 Å². The van der Waals surface area contributed by atoms with Crippen LogP contribution in [0.2, 0.25) is 5.02 Å². The van der Waals surface area contributed by atoms with Crippen molar-refractivity contribution in [1.82, 2.24) is 0 Å². The van der Waals surface area contributed by atoms with Crippen LogP contribution in [0.4, 0.5) is 21.5 Å². The molecule has 2 aromatic rings. The van der Waals surface area contributed by atoms with Gasteiger partial charge in [0.1, 0.15) is 5.82 Å². The van der Waals surface area contributed by atoms with Crippen LogP contribution in [0.25, 0.3) is 0 Å². The Hall–Kier alpha value is -0.780. The second kappa shape index (κ2) is 5.47. The van der Waals surface area contributed by atoms with Crippen molar-refractivity contribution in [2.45, 2.75) is 0 Å². The molecular weight excluding hydrogens is 386 g/mol. The predicted octanol–water partition coefficient (Wildman–Crippen LogP) is 5.33. The fourth-order valence-electron chi connectivity index (χ4n) is 1.40. The summed E-state index contributed by atoms with van der Waals surface area (Å²) in [6.07, 6.45) is 0. The van der Waals surface area contributed by atoms with Gasteiger partial charge in [-0.25, -0.2) is 4.39 Å². The van der Waals surface area contributed by atoms with Gasteiger partial charge in [-0.15, -0.1) is 0 Å². The number of anilines is 3. The molecule has 3 N–H and O–H groups in total. The molecule has 2 aromatic carbocycles. The molecule has 2 nitrogen and oxygen atoms in total. The average molecular weight is 394 g/mol. The molecule has 2 rings (SSSR count). The van der Waals surface area contributed by atoms with Crippen molar-refractivity contribution in [3.8, 4) is 0 Å². The van der Waals surface area contributed by atoms with E-state index in [1.54, 1.807) is 12.1 Å². The monoisotopic (exact) mass is 392 g/mol. The van der Waals surface area contributed by atoms with Crippen LogP contribution in [0.3, 0.4) is 0 Å². The largest absolute Gasteiger partial charge is 0.397 e. The van der Waals surface area contributed by atoms with Crippen molar-refractivity contribution < 1.29 is 4.39 Å². The lowest BCUT2D eigenvalue weighted by molar-refractivity contribution is 0.622. The summed E-state index contributed by atoms with van der Waals surface area (Å²) >= 11 is 12.4. The van der Waals surface area contributed by atoms with Crippen LogP contribution >= 0.6 is 43.5 Å². The first-order valence-corrected chi connectivity index (χ1v) is 6.90. The van der Waals surface area contributed by atoms with Crippen LogP contribution in [-0.2, 0) is 0 Å². The van der Waals surface area contributed by atoms with E-state index in [1.165, 1.54) is 12.1 Å². The Morgan fingerprint density at radius 2 is 1.83 bits per heavy atom. The van der Waals surface area contributed by atoms with Gasteiger partial charge >= 0.3 is 0 Å². The maximum atomic E-state index is 13.4. The first-order chi connectivity index (χ1) is 8.47. The van der Waals surface area contributed by atoms with E-state index < -0.39 is 0 Å². The van der Waals surface area contributed by atoms with Gasteiger partial charge in [-0.05, 0) is 56.1 Å². The minimum Gasteiger partial charge on any atom is -0.397 e. The Balaban J connectivity index is 2.34. The number of nitrogen functional groups attached to an aromatic ring is 1. The minimum atomic E-state index is -0.380. The standard InChI is InChI=1S/C12H8Br2ClFN2/c13-7-2-1-6(3-9(7)15)18-12-5-10(16)8(14)4-11(12)17/h1-5,18H,17H2. The summed E-state index contributed by atoms with van der Waals surface area (Å²) in [6, 6.07) is 8.18. The molecule has 0 amide bonds. The molecule has 94 valence electrons. The molecular formula is C12H8Br2ClFN2. The lowest BCUT2D eigenvalue weighted by atomic mass is 10.2. The highest BCUT2D eigenvalue weighted by atomic mass is 79.9. The second-order valence-electron chi connectivity index (χ2n) is 3.61. The fourth-order valence-corrected chi connectivity index (χ4v) is 2.19. The first-order valence-electron chi connectivity index (χ1n) is 4.94. The highest BCUT2D eigenvalue weighted by Gasteiger charge is 2.07. The van der Waals surface area contributed by atoms with E-state index in [-0.39, 0.29) is 5.82 Å². The molecule has 6 heteroatoms. The van der Waals surface area contributed by atoms with Gasteiger partial charge in [0.25, 0.3) is 0 Å². The molecule has 0 atom stereocenters. The van der Waals surface area contributed by atoms with Crippen molar-refractivity contribution in [2.24, 2.45) is 0 Å². The summed E-state index contributed by atoms with van der Waals surface area (Å²) in [6.45, 7) is 0. The predicted molar refractivity (Wildman–Crippen MR) is 80.9 cm³/mol. The molecule has 0 aliphatic carbocycles. The van der Waals surface area contributed by atoms with E-state index in [0.717, 1.165) is 10.2 Å². The van der Waals surface area contributed by atoms with Gasteiger partial charge in [-0.1, -0.05) is 11.6 Å². The first kappa shape index (κ1) is 13.6. The molecule has 0 radical (unpaired) electrons. The highest BCUT2D eigenvalue weighted by Crippen LogP contribution is 2.31. The number of hydrogen-bond donors (Lipinski definition) is 2. The van der Waals surface area contributed by atoms with Crippen LogP contribution in [0.1, 0.15) is 0 Å². The van der Waals surface area contributed by atoms with Gasteiger partial charge in [0.2, 0.25) is 0 Å². The van der Waals surface area contributed by atoms with Crippen molar-refractivity contribution in [1.29, 1.82) is 0 Å². The summed E-state index contributed by atoms with van der Waals surface area (Å²) in [5.74, 6) is -0.380. The van der Waals surface area contributed by atoms with Crippen molar-refractivity contribution in [3.63, 3.8) is 0 Å². The Labute approximate surface area is 126 Å². The number of halogens is 4. The Morgan fingerprint density at radius 3 is 2.50 bits per heavy atom. The van der Waals surface area contributed by atoms with Crippen LogP contribution in [0.15, 0.2) is 39.3 Å². The smallest absolute Gasteiger partial charge is 0.139 e. The highest BCUT2D eigenvalue weighted by molar-refractivity contribution is 9.10. The van der Waals surface area contributed by atoms with Crippen LogP contribution < -0.4 is 11.1 Å². The second-order valence-corrected chi connectivity index (χ2v) is 5.72. The third-order valence-electron chi connectivity index (χ3n) is 2.29. The topological polar surface area (TPSA) is 38.0 Å². The summed E-state index contributed by atoms with van der Waals surface area (Å²) in [5.41, 5.74) is 7.48. The van der Waals surface area contributed by atoms with Crippen molar-refractivity contribution in [3.05, 3.63) is 50.1 Å². The van der Waals surface area contributed by atoms with E-state index in [0.29, 0.717) is 20.9 Å². The molecule has 0 saturated carbocycles. The zero-order valence-corrected chi connectivity index (χ0v) is 12.9. The lowest BCUT2D eigenvalue weighted by Crippen LogP contribution is -1.97. The van der Waals surface area contributed by atoms with Gasteiger partial charge in [0.15, 0.2) is 0 Å². The third kappa shape index (κ3) is 2.96. The van der Waals surface area contributed by atoms with E-state index in [2.05, 4.69) is 37.2 Å². The van der Waals surface area contributed by atoms with Crippen LogP contribution in [-0.4, -0.2) is 0 Å². The molecule has 18 heavy (non-hydrogen) atoms. The minimum absolute atomic E-state index is 0.333. The molecule has 0 bridgehead atoms. The molecule has 0 spiro atoms. The SMILES string of the molecule is Nc1cc(Br)c(F)cc1Nc1ccc(Br)c(Cl)c1. The average Bonchev–Trinajstić information content (AvgIpc) is 2.31. The zero-order chi connectivity index (χ0) is 13.3. The maximum Gasteiger partial charge on any atom is 0.139 e. The van der Waals surface area contributed by atoms with E-state index in [1.807, 2.05) is 6.07 Å². The molecule has 0 aliphatic heterocycles. The summed E-state index contributed by atoms with van der Waals surface area (Å²) in [4.78, 5) is 0. The van der Waals surface area contributed by atoms with Gasteiger partial charge in [0.05, 0.1) is 20.9 Å². The Bertz CT molecular complexity index is 605. The van der Waals surface area contributed by atoms with Crippen molar-refractivity contribution >= 4 is 60.5 Å². The molecule has 0 aromatic heterocycles. The van der Waals surface area contributed by atoms with Gasteiger partial charge < -0.3 is 11.1 Å². The Morgan fingerprint density at radius 1 is 1.11 bits per heavy atom. The van der Waals surface area contributed by atoms with Gasteiger partial charge in [0, 0.05) is 16.2 Å². The molecule has 0 heterocycles. The zero-order valence-electron chi connectivity index (χ0n) is 8.98. The van der Waals surface area contributed by atoms with Gasteiger partial charge in [-0.2, -0.15) is 0 Å². The number of benzene rings is 2. The molecule has 0 unspecified atom stereocenters. The fraction of sp³-hybridized carbons (Fsp3) is 0. The number of hydrogen-bond acceptors (Lipinski definition) is 2. The molecule has 0 fully saturated rings. The number of nitrogens with one attached hydrogen (secondary N) is 1. The third-order valence-corrected chi connectivity index (χ3v) is 4.13. The molecule has 0 aliphatic rings. The lowest BCUT2D eigenvalue weighted by Gasteiger charge is -2.11. The summed E-state index contributed by atoms with van der Waals surface area (Å²) < 4.78 is 14.6. The van der Waals surface area contributed by atoms with Crippen LogP contribution in [0.5, 0.6) is 0 Å².